The molecule has 5 nitrogen and oxygen atoms in total. The summed E-state index contributed by atoms with van der Waals surface area (Å²) in [6.45, 7) is 0.545. The van der Waals surface area contributed by atoms with E-state index in [9.17, 15) is 12.8 Å². The Morgan fingerprint density at radius 3 is 2.67 bits per heavy atom. The first-order valence-corrected chi connectivity index (χ1v) is 7.97. The lowest BCUT2D eigenvalue weighted by Crippen LogP contribution is -2.12. The van der Waals surface area contributed by atoms with Crippen LogP contribution >= 0.6 is 11.6 Å². The van der Waals surface area contributed by atoms with Crippen molar-refractivity contribution in [3.05, 3.63) is 47.0 Å². The Kier molecular flexibility index (Phi) is 4.55. The van der Waals surface area contributed by atoms with Crippen molar-refractivity contribution in [1.29, 1.82) is 0 Å². The maximum absolute atomic E-state index is 13.0. The van der Waals surface area contributed by atoms with E-state index in [1.165, 1.54) is 12.3 Å². The van der Waals surface area contributed by atoms with E-state index in [0.717, 1.165) is 17.8 Å². The molecule has 1 aromatic carbocycles. The number of hydrogen-bond donors (Lipinski definition) is 2. The summed E-state index contributed by atoms with van der Waals surface area (Å²) in [6.07, 6.45) is 1.51. The highest BCUT2D eigenvalue weighted by Gasteiger charge is 2.19. The van der Waals surface area contributed by atoms with Gasteiger partial charge in [0.05, 0.1) is 10.7 Å². The molecule has 0 aliphatic carbocycles. The maximum atomic E-state index is 13.0. The van der Waals surface area contributed by atoms with E-state index in [0.29, 0.717) is 6.54 Å². The Labute approximate surface area is 127 Å². The van der Waals surface area contributed by atoms with E-state index in [2.05, 4.69) is 10.0 Å². The van der Waals surface area contributed by atoms with Crippen LogP contribution in [-0.4, -0.2) is 20.0 Å². The average molecular weight is 332 g/mol. The topological polar surface area (TPSA) is 63.1 Å². The fraction of sp³-hybridized carbons (Fsp3) is 0.231. The molecule has 0 saturated carbocycles. The van der Waals surface area contributed by atoms with Crippen LogP contribution in [0.1, 0.15) is 5.69 Å². The molecule has 0 unspecified atom stereocenters. The van der Waals surface area contributed by atoms with Crippen LogP contribution in [0, 0.1) is 5.82 Å². The van der Waals surface area contributed by atoms with Crippen LogP contribution in [0.15, 0.2) is 35.4 Å². The van der Waals surface area contributed by atoms with E-state index in [-0.39, 0.29) is 15.6 Å². The number of benzene rings is 1. The van der Waals surface area contributed by atoms with E-state index in [4.69, 9.17) is 11.6 Å². The van der Waals surface area contributed by atoms with E-state index in [1.54, 1.807) is 24.7 Å². The van der Waals surface area contributed by atoms with Crippen LogP contribution in [0.4, 0.5) is 10.1 Å². The fourth-order valence-electron chi connectivity index (χ4n) is 1.86. The molecular weight excluding hydrogens is 317 g/mol. The second-order valence-electron chi connectivity index (χ2n) is 4.54. The highest BCUT2D eigenvalue weighted by atomic mass is 35.5. The molecule has 21 heavy (non-hydrogen) atoms. The van der Waals surface area contributed by atoms with Gasteiger partial charge in [0.15, 0.2) is 0 Å². The number of anilines is 1. The second-order valence-corrected chi connectivity index (χ2v) is 6.63. The van der Waals surface area contributed by atoms with Crippen molar-refractivity contribution < 1.29 is 12.8 Å². The third-order valence-electron chi connectivity index (χ3n) is 2.93. The van der Waals surface area contributed by atoms with Crippen molar-refractivity contribution >= 4 is 27.3 Å². The zero-order valence-corrected chi connectivity index (χ0v) is 13.1. The molecule has 2 N–H and O–H groups in total. The van der Waals surface area contributed by atoms with Gasteiger partial charge in [0.25, 0.3) is 10.0 Å². The molecule has 1 heterocycles. The summed E-state index contributed by atoms with van der Waals surface area (Å²) >= 11 is 5.83. The zero-order valence-electron chi connectivity index (χ0n) is 11.5. The van der Waals surface area contributed by atoms with Crippen LogP contribution in [-0.2, 0) is 23.6 Å². The number of rotatable bonds is 5. The number of hydrogen-bond acceptors (Lipinski definition) is 3. The number of nitrogens with one attached hydrogen (secondary N) is 2. The standard InChI is InChI=1S/C13H15ClFN3O2S/c1-16-7-10-6-11(8-18(10)2)21(19,20)17-13-4-3-9(15)5-12(13)14/h3-6,8,16-17H,7H2,1-2H3. The summed E-state index contributed by atoms with van der Waals surface area (Å²) < 4.78 is 41.7. The van der Waals surface area contributed by atoms with Crippen molar-refractivity contribution in [1.82, 2.24) is 9.88 Å². The number of halogens is 2. The maximum Gasteiger partial charge on any atom is 0.263 e. The van der Waals surface area contributed by atoms with Gasteiger partial charge in [-0.2, -0.15) is 0 Å². The molecule has 2 rings (SSSR count). The van der Waals surface area contributed by atoms with Crippen molar-refractivity contribution in [2.45, 2.75) is 11.4 Å². The Balaban J connectivity index is 2.32. The minimum absolute atomic E-state index is 0.00459. The van der Waals surface area contributed by atoms with Crippen LogP contribution in [0.5, 0.6) is 0 Å². The predicted molar refractivity (Wildman–Crippen MR) is 80.4 cm³/mol. The summed E-state index contributed by atoms with van der Waals surface area (Å²) in [6, 6.07) is 5.04. The molecule has 0 aliphatic rings. The Morgan fingerprint density at radius 1 is 1.33 bits per heavy atom. The smallest absolute Gasteiger partial charge is 0.263 e. The summed E-state index contributed by atoms with van der Waals surface area (Å²) in [7, 11) is -0.238. The van der Waals surface area contributed by atoms with Crippen molar-refractivity contribution in [2.24, 2.45) is 7.05 Å². The summed E-state index contributed by atoms with van der Waals surface area (Å²) in [5, 5.41) is 2.96. The van der Waals surface area contributed by atoms with Gasteiger partial charge >= 0.3 is 0 Å². The predicted octanol–water partition coefficient (Wildman–Crippen LogP) is 2.34. The van der Waals surface area contributed by atoms with Gasteiger partial charge in [0.2, 0.25) is 0 Å². The molecule has 1 aromatic heterocycles. The largest absolute Gasteiger partial charge is 0.352 e. The van der Waals surface area contributed by atoms with Gasteiger partial charge in [-0.15, -0.1) is 0 Å². The molecule has 0 atom stereocenters. The van der Waals surface area contributed by atoms with Crippen molar-refractivity contribution in [3.63, 3.8) is 0 Å². The van der Waals surface area contributed by atoms with Gasteiger partial charge in [-0.3, -0.25) is 4.72 Å². The van der Waals surface area contributed by atoms with Crippen LogP contribution < -0.4 is 10.0 Å². The normalized spacial score (nSPS) is 11.6. The minimum atomic E-state index is -3.77. The zero-order chi connectivity index (χ0) is 15.6. The van der Waals surface area contributed by atoms with E-state index < -0.39 is 15.8 Å². The first-order valence-electron chi connectivity index (χ1n) is 6.11. The summed E-state index contributed by atoms with van der Waals surface area (Å²) in [5.74, 6) is -0.529. The molecule has 8 heteroatoms. The molecule has 0 fully saturated rings. The molecule has 0 aliphatic heterocycles. The average Bonchev–Trinajstić information content (AvgIpc) is 2.76. The van der Waals surface area contributed by atoms with Crippen LogP contribution in [0.25, 0.3) is 0 Å². The minimum Gasteiger partial charge on any atom is -0.352 e. The molecule has 0 saturated heterocycles. The highest BCUT2D eigenvalue weighted by molar-refractivity contribution is 7.92. The molecule has 2 aromatic rings. The first-order chi connectivity index (χ1) is 9.83. The number of sulfonamides is 1. The Hall–Kier alpha value is -1.57. The van der Waals surface area contributed by atoms with Crippen molar-refractivity contribution in [2.75, 3.05) is 11.8 Å². The quantitative estimate of drug-likeness (QED) is 0.884. The van der Waals surface area contributed by atoms with Gasteiger partial charge in [-0.25, -0.2) is 12.8 Å². The number of nitrogens with zero attached hydrogens (tertiary/aromatic N) is 1. The number of aromatic nitrogens is 1. The Morgan fingerprint density at radius 2 is 2.05 bits per heavy atom. The van der Waals surface area contributed by atoms with Gasteiger partial charge < -0.3 is 9.88 Å². The monoisotopic (exact) mass is 331 g/mol. The molecule has 0 bridgehead atoms. The van der Waals surface area contributed by atoms with Crippen LogP contribution in [0.3, 0.4) is 0 Å². The Bertz CT molecular complexity index is 759. The lowest BCUT2D eigenvalue weighted by atomic mass is 10.3. The van der Waals surface area contributed by atoms with Gasteiger partial charge in [-0.05, 0) is 31.3 Å². The van der Waals surface area contributed by atoms with Gasteiger partial charge in [0.1, 0.15) is 10.7 Å². The molecule has 0 amide bonds. The third-order valence-corrected chi connectivity index (χ3v) is 4.57. The van der Waals surface area contributed by atoms with E-state index in [1.807, 2.05) is 0 Å². The SMILES string of the molecule is CNCc1cc(S(=O)(=O)Nc2ccc(F)cc2Cl)cn1C. The summed E-state index contributed by atoms with van der Waals surface area (Å²) in [5.41, 5.74) is 0.958. The highest BCUT2D eigenvalue weighted by Crippen LogP contribution is 2.25. The second kappa shape index (κ2) is 6.05. The lowest BCUT2D eigenvalue weighted by molar-refractivity contribution is 0.601. The van der Waals surface area contributed by atoms with E-state index >= 15 is 0 Å². The fourth-order valence-corrected chi connectivity index (χ4v) is 3.30. The van der Waals surface area contributed by atoms with Gasteiger partial charge in [-0.1, -0.05) is 11.6 Å². The summed E-state index contributed by atoms with van der Waals surface area (Å²) in [4.78, 5) is 0.121. The van der Waals surface area contributed by atoms with Gasteiger partial charge in [0, 0.05) is 25.5 Å². The third kappa shape index (κ3) is 3.55. The number of aryl methyl sites for hydroxylation is 1. The molecular formula is C13H15ClFN3O2S. The first kappa shape index (κ1) is 15.8. The lowest BCUT2D eigenvalue weighted by Gasteiger charge is -2.08. The van der Waals surface area contributed by atoms with Crippen LogP contribution in [0.2, 0.25) is 5.02 Å². The molecule has 0 radical (unpaired) electrons. The molecule has 0 spiro atoms. The van der Waals surface area contributed by atoms with Crippen molar-refractivity contribution in [3.8, 4) is 0 Å². The molecule has 114 valence electrons.